The van der Waals surface area contributed by atoms with Crippen LogP contribution in [0, 0.1) is 53.3 Å². The van der Waals surface area contributed by atoms with E-state index < -0.39 is 125 Å². The van der Waals surface area contributed by atoms with Crippen LogP contribution in [-0.2, 0) is 70.0 Å². The topological polar surface area (TPSA) is 262 Å². The van der Waals surface area contributed by atoms with Crippen molar-refractivity contribution in [3.8, 4) is 11.1 Å². The number of ether oxygens (including phenoxy) is 1. The molecule has 2 aromatic carbocycles. The van der Waals surface area contributed by atoms with E-state index in [4.69, 9.17) is 19.0 Å². The largest absolute Gasteiger partial charge is 0.495 e. The number of ketones is 2. The first-order chi connectivity index (χ1) is 53.6. The number of nitrogens with zero attached hydrogens (tertiary/aromatic N) is 9. The number of fused-ring (bicyclic) bond motifs is 1. The van der Waals surface area contributed by atoms with Crippen molar-refractivity contribution in [2.24, 2.45) is 53.3 Å². The fourth-order valence-corrected chi connectivity index (χ4v) is 17.0. The fraction of sp³-hybridized carbons (Fsp3) is 0.656. The number of piperidine rings is 2. The summed E-state index contributed by atoms with van der Waals surface area (Å²) in [5.41, 5.74) is 1.71. The predicted octanol–water partition coefficient (Wildman–Crippen LogP) is 11.5. The second-order valence-corrected chi connectivity index (χ2v) is 36.3. The van der Waals surface area contributed by atoms with Gasteiger partial charge in [-0.25, -0.2) is 14.8 Å². The summed E-state index contributed by atoms with van der Waals surface area (Å²) < 4.78 is 18.5. The number of likely N-dealkylation sites (N-methyl/N-ethyl adjacent to an activating group) is 4. The summed E-state index contributed by atoms with van der Waals surface area (Å²) in [6, 6.07) is 17.6. The van der Waals surface area contributed by atoms with E-state index in [1.165, 1.54) is 62.5 Å². The number of amides is 6. The second-order valence-electron chi connectivity index (χ2n) is 36.3. The molecule has 0 spiro atoms. The molecule has 2 aromatic heterocycles. The van der Waals surface area contributed by atoms with Gasteiger partial charge in [-0.3, -0.25) is 38.4 Å². The van der Waals surface area contributed by atoms with E-state index >= 15 is 28.8 Å². The van der Waals surface area contributed by atoms with E-state index in [2.05, 4.69) is 73.8 Å². The molecule has 2 N–H and O–H groups in total. The Morgan fingerprint density at radius 3 is 1.67 bits per heavy atom. The number of aliphatic hydroxyl groups is 1. The highest BCUT2D eigenvalue weighted by atomic mass is 16.7. The average Bonchev–Trinajstić information content (AvgIpc) is 1.63. The lowest BCUT2D eigenvalue weighted by molar-refractivity contribution is -0.178. The third-order valence-corrected chi connectivity index (χ3v) is 25.1. The van der Waals surface area contributed by atoms with Gasteiger partial charge in [0.1, 0.15) is 29.8 Å². The molecule has 0 aliphatic carbocycles. The lowest BCUT2D eigenvalue weighted by Crippen LogP contribution is -2.61. The maximum absolute atomic E-state index is 15.9. The maximum Gasteiger partial charge on any atom is 0.495 e. The Bertz CT molecular complexity index is 3930. The highest BCUT2D eigenvalue weighted by molar-refractivity contribution is 6.62. The highest BCUT2D eigenvalue weighted by Crippen LogP contribution is 2.38. The van der Waals surface area contributed by atoms with Crippen molar-refractivity contribution < 1.29 is 62.3 Å². The predicted molar refractivity (Wildman–Crippen MR) is 448 cm³/mol. The van der Waals surface area contributed by atoms with E-state index in [1.807, 2.05) is 121 Å². The third-order valence-electron chi connectivity index (χ3n) is 25.1. The zero-order chi connectivity index (χ0) is 84.2. The monoisotopic (exact) mass is 1580 g/mol. The minimum Gasteiger partial charge on any atom is -0.450 e. The molecule has 5 aliphatic heterocycles. The molecule has 5 aliphatic rings. The summed E-state index contributed by atoms with van der Waals surface area (Å²) in [5.74, 6) is -6.09. The van der Waals surface area contributed by atoms with Gasteiger partial charge in [-0.05, 0) is 180 Å². The van der Waals surface area contributed by atoms with E-state index in [1.54, 1.807) is 38.9 Å². The summed E-state index contributed by atoms with van der Waals surface area (Å²) >= 11 is 0. The molecule has 0 bridgehead atoms. The normalized spacial score (nSPS) is 25.6. The van der Waals surface area contributed by atoms with Gasteiger partial charge in [-0.15, -0.1) is 0 Å². The van der Waals surface area contributed by atoms with Crippen LogP contribution in [0.2, 0.25) is 0 Å². The number of esters is 1. The summed E-state index contributed by atoms with van der Waals surface area (Å²) in [7, 11) is 5.57. The molecule has 23 nitrogen and oxygen atoms in total. The van der Waals surface area contributed by atoms with Crippen LogP contribution in [0.5, 0.6) is 0 Å². The molecule has 7 heterocycles. The van der Waals surface area contributed by atoms with Crippen molar-refractivity contribution in [2.45, 2.75) is 267 Å². The third kappa shape index (κ3) is 22.6. The molecule has 626 valence electrons. The maximum atomic E-state index is 15.9. The Morgan fingerprint density at radius 2 is 1.11 bits per heavy atom. The van der Waals surface area contributed by atoms with Gasteiger partial charge < -0.3 is 58.8 Å². The zero-order valence-electron chi connectivity index (χ0n) is 72.6. The molecule has 5 fully saturated rings. The number of carbonyl (C=O) groups excluding carboxylic acids is 9. The molecule has 5 saturated heterocycles. The van der Waals surface area contributed by atoms with Crippen molar-refractivity contribution >= 4 is 77.2 Å². The first-order valence-corrected chi connectivity index (χ1v) is 42.2. The molecule has 5 unspecified atom stereocenters. The van der Waals surface area contributed by atoms with Crippen LogP contribution in [0.3, 0.4) is 0 Å². The summed E-state index contributed by atoms with van der Waals surface area (Å²) in [5, 5.41) is 14.8. The summed E-state index contributed by atoms with van der Waals surface area (Å²) in [4.78, 5) is 158. The van der Waals surface area contributed by atoms with E-state index in [-0.39, 0.29) is 74.6 Å². The Kier molecular flexibility index (Phi) is 31.8. The van der Waals surface area contributed by atoms with Crippen molar-refractivity contribution in [3.05, 3.63) is 102 Å². The highest BCUT2D eigenvalue weighted by Gasteiger charge is 2.53. The summed E-state index contributed by atoms with van der Waals surface area (Å²) in [6.45, 7) is 38.1. The average molecular weight is 1580 g/mol. The van der Waals surface area contributed by atoms with E-state index in [0.717, 1.165) is 83.6 Å². The lowest BCUT2D eigenvalue weighted by Gasteiger charge is -2.39. The Balaban J connectivity index is 0.000000628. The van der Waals surface area contributed by atoms with Crippen LogP contribution < -0.4 is 20.6 Å². The van der Waals surface area contributed by atoms with Crippen LogP contribution in [0.1, 0.15) is 206 Å². The molecule has 4 aromatic rings. The Hall–Kier alpha value is -8.09. The molecule has 9 rings (SSSR count). The van der Waals surface area contributed by atoms with E-state index in [0.29, 0.717) is 37.2 Å². The first-order valence-electron chi connectivity index (χ1n) is 42.2. The number of anilines is 2. The number of aromatic nitrogens is 2. The quantitative estimate of drug-likeness (QED) is 0.0735. The molecular weight excluding hydrogens is 1440 g/mol. The Morgan fingerprint density at radius 1 is 0.570 bits per heavy atom. The lowest BCUT2D eigenvalue weighted by atomic mass is 9.79. The van der Waals surface area contributed by atoms with Crippen molar-refractivity contribution in [1.82, 2.24) is 39.8 Å². The summed E-state index contributed by atoms with van der Waals surface area (Å²) in [6.07, 6.45) is 8.04. The van der Waals surface area contributed by atoms with Gasteiger partial charge in [0.15, 0.2) is 23.7 Å². The minimum atomic E-state index is -1.95. The van der Waals surface area contributed by atoms with Crippen LogP contribution in [0.4, 0.5) is 11.6 Å². The molecule has 24 heteroatoms. The van der Waals surface area contributed by atoms with Crippen LogP contribution in [0.25, 0.3) is 11.1 Å². The molecule has 0 saturated carbocycles. The van der Waals surface area contributed by atoms with Crippen LogP contribution in [0.15, 0.2) is 91.3 Å². The standard InChI is InChI=1S/C73H108N8O11.C17H27BN2O2/c1-18-48(10)55-43-59(82)57-29-24-34-81(57)70(88)58(40-51-27-23-28-52(38-51)53-30-33-74-61(42-53)80-35-31-47(9)32-36-80)76(14)69(87)56(39-50-25-21-20-22-26-50)75-66(84)63(46(7)8)78(16)71(89)64(49(11)19-2)92-72(90)65(73(12,13)91)79(17)67(85)54(37-44(3)4)41-60(83)62(45(5)6)77(15)68(55)86;1-13-7-10-20(11-8-13)15-12-14(6-9-19-15)18-21-16(2,3)17(4,5)22-18/h20-23,25-28,30,33,38,42,44-49,54-58,62-65,91H,18-19,24,29,31-32,34-37,39-41,43H2,1-17H3,(H,75,84);6,9,12-13H,7-8,10-11H2,1-5H3/t48?,49?,54-,55+,56?,57?,58?,62+,63+,64-,65-;/m1./s1. The number of cyclic esters (lactones) is 1. The van der Waals surface area contributed by atoms with Crippen LogP contribution in [-0.4, -0.2) is 220 Å². The number of rotatable bonds is 17. The molecule has 11 atom stereocenters. The second kappa shape index (κ2) is 39.7. The number of hydrogen-bond acceptors (Lipinski definition) is 17. The van der Waals surface area contributed by atoms with Gasteiger partial charge >= 0.3 is 13.1 Å². The molecular formula is C90H135BN10O13. The molecule has 6 amide bonds. The molecule has 0 radical (unpaired) electrons. The first kappa shape index (κ1) is 91.4. The number of pyridine rings is 2. The number of Topliss-reactive ketones (excluding diaryl/α,β-unsaturated/α-hetero) is 2. The van der Waals surface area contributed by atoms with Crippen molar-refractivity contribution in [2.75, 3.05) is 70.7 Å². The number of nitrogens with one attached hydrogen (secondary N) is 1. The smallest absolute Gasteiger partial charge is 0.450 e. The fourth-order valence-electron chi connectivity index (χ4n) is 17.0. The molecule has 114 heavy (non-hydrogen) atoms. The zero-order valence-corrected chi connectivity index (χ0v) is 72.6. The number of hydrogen-bond donors (Lipinski definition) is 2. The van der Waals surface area contributed by atoms with Gasteiger partial charge in [0.05, 0.1) is 28.9 Å². The minimum absolute atomic E-state index is 0.0129. The van der Waals surface area contributed by atoms with E-state index in [9.17, 15) is 19.5 Å². The van der Waals surface area contributed by atoms with Gasteiger partial charge in [-0.2, -0.15) is 0 Å². The number of carbonyl (C=O) groups is 9. The van der Waals surface area contributed by atoms with Crippen LogP contribution >= 0.6 is 0 Å². The van der Waals surface area contributed by atoms with Gasteiger partial charge in [0, 0.05) is 117 Å². The van der Waals surface area contributed by atoms with Gasteiger partial charge in [-0.1, -0.05) is 144 Å². The Labute approximate surface area is 680 Å². The number of benzene rings is 2. The van der Waals surface area contributed by atoms with Crippen molar-refractivity contribution in [3.63, 3.8) is 0 Å². The van der Waals surface area contributed by atoms with Gasteiger partial charge in [0.25, 0.3) is 5.91 Å². The SMILES string of the molecule is CC1CCN(c2cc(B3OC(C)(C)C(C)(C)O3)ccn2)CC1.CCC(C)[C@@H]1CC(=O)C2CCCN2C(=O)C(Cc2cccc(-c3ccnc(N4CCC(C)CC4)c3)c2)N(C)C(=O)C(Cc2ccccc2)NC(=O)[C@H](C(C)C)N(C)C(=O)[C@@H](C(C)CC)OC(=O)[C@H](C(C)(C)O)N(C)C(=O)[C@H](CC(C)C)CC(=O)[C@H](C(C)C)N(C)C1=O. The van der Waals surface area contributed by atoms with Gasteiger partial charge in [0.2, 0.25) is 29.5 Å². The van der Waals surface area contributed by atoms with Crippen molar-refractivity contribution in [1.29, 1.82) is 0 Å².